The maximum absolute atomic E-state index is 10.9. The van der Waals surface area contributed by atoms with Gasteiger partial charge in [0.05, 0.1) is 0 Å². The van der Waals surface area contributed by atoms with E-state index in [9.17, 15) is 4.79 Å². The summed E-state index contributed by atoms with van der Waals surface area (Å²) >= 11 is 0. The molecule has 0 saturated carbocycles. The fourth-order valence-corrected chi connectivity index (χ4v) is 2.66. The van der Waals surface area contributed by atoms with Crippen molar-refractivity contribution < 1.29 is 4.79 Å². The Kier molecular flexibility index (Phi) is 4.37. The lowest BCUT2D eigenvalue weighted by atomic mass is 9.93. The number of nitrogens with two attached hydrogens (primary N) is 2. The number of amides is 1. The minimum Gasteiger partial charge on any atom is -0.370 e. The lowest BCUT2D eigenvalue weighted by Crippen LogP contribution is -2.36. The smallest absolute Gasteiger partial charge is 0.217 e. The summed E-state index contributed by atoms with van der Waals surface area (Å²) in [6, 6.07) is 3.93. The van der Waals surface area contributed by atoms with Crippen molar-refractivity contribution in [3.8, 4) is 0 Å². The third-order valence-electron chi connectivity index (χ3n) is 3.71. The predicted octanol–water partition coefficient (Wildman–Crippen LogP) is 1.19. The van der Waals surface area contributed by atoms with E-state index in [1.807, 2.05) is 19.1 Å². The molecule has 1 fully saturated rings. The van der Waals surface area contributed by atoms with Gasteiger partial charge in [-0.1, -0.05) is 6.07 Å². The van der Waals surface area contributed by atoms with Gasteiger partial charge in [-0.05, 0) is 31.7 Å². The number of nitrogens with zero attached hydrogens (tertiary/aromatic N) is 2. The highest BCUT2D eigenvalue weighted by Gasteiger charge is 2.23. The molecule has 0 bridgehead atoms. The number of carbonyl (C=O) groups is 1. The summed E-state index contributed by atoms with van der Waals surface area (Å²) in [6.07, 6.45) is 4.27. The number of rotatable bonds is 4. The molecule has 1 unspecified atom stereocenters. The zero-order chi connectivity index (χ0) is 13.8. The van der Waals surface area contributed by atoms with Crippen molar-refractivity contribution in [3.05, 3.63) is 23.9 Å². The number of piperidine rings is 1. The van der Waals surface area contributed by atoms with Crippen LogP contribution in [0, 0.1) is 5.92 Å². The Morgan fingerprint density at radius 2 is 2.21 bits per heavy atom. The Hall–Kier alpha value is -1.62. The molecular formula is C14H22N4O. The predicted molar refractivity (Wildman–Crippen MR) is 75.6 cm³/mol. The first-order valence-corrected chi connectivity index (χ1v) is 6.81. The Labute approximate surface area is 114 Å². The molecule has 1 atom stereocenters. The molecule has 1 aliphatic rings. The van der Waals surface area contributed by atoms with Gasteiger partial charge in [-0.25, -0.2) is 4.98 Å². The van der Waals surface area contributed by atoms with Gasteiger partial charge in [-0.2, -0.15) is 0 Å². The molecule has 1 aliphatic heterocycles. The van der Waals surface area contributed by atoms with Crippen LogP contribution in [-0.4, -0.2) is 24.0 Å². The first kappa shape index (κ1) is 13.8. The highest BCUT2D eigenvalue weighted by molar-refractivity contribution is 5.74. The van der Waals surface area contributed by atoms with Crippen molar-refractivity contribution in [1.29, 1.82) is 0 Å². The molecule has 0 aromatic carbocycles. The summed E-state index contributed by atoms with van der Waals surface area (Å²) in [7, 11) is 0. The fourth-order valence-electron chi connectivity index (χ4n) is 2.66. The molecule has 1 aromatic heterocycles. The van der Waals surface area contributed by atoms with Crippen LogP contribution in [0.5, 0.6) is 0 Å². The lowest BCUT2D eigenvalue weighted by Gasteiger charge is -2.33. The van der Waals surface area contributed by atoms with Crippen LogP contribution < -0.4 is 16.4 Å². The van der Waals surface area contributed by atoms with Crippen molar-refractivity contribution in [1.82, 2.24) is 4.98 Å². The molecule has 0 radical (unpaired) electrons. The minimum atomic E-state index is -0.201. The fraction of sp³-hybridized carbons (Fsp3) is 0.571. The van der Waals surface area contributed by atoms with Crippen molar-refractivity contribution in [2.75, 3.05) is 18.0 Å². The molecule has 5 heteroatoms. The quantitative estimate of drug-likeness (QED) is 0.853. The summed E-state index contributed by atoms with van der Waals surface area (Å²) in [5.74, 6) is 1.19. The van der Waals surface area contributed by atoms with Gasteiger partial charge < -0.3 is 16.4 Å². The van der Waals surface area contributed by atoms with Gasteiger partial charge in [0.1, 0.15) is 5.82 Å². The molecule has 19 heavy (non-hydrogen) atoms. The second-order valence-corrected chi connectivity index (χ2v) is 5.31. The topological polar surface area (TPSA) is 85.2 Å². The van der Waals surface area contributed by atoms with Gasteiger partial charge in [0.25, 0.3) is 0 Å². The highest BCUT2D eigenvalue weighted by atomic mass is 16.1. The van der Waals surface area contributed by atoms with E-state index in [1.54, 1.807) is 6.20 Å². The molecule has 1 aromatic rings. The Balaban J connectivity index is 2.03. The van der Waals surface area contributed by atoms with Gasteiger partial charge in [0, 0.05) is 37.3 Å². The van der Waals surface area contributed by atoms with E-state index in [0.29, 0.717) is 12.3 Å². The first-order chi connectivity index (χ1) is 9.08. The van der Waals surface area contributed by atoms with Crippen LogP contribution in [0.3, 0.4) is 0 Å². The van der Waals surface area contributed by atoms with Crippen LogP contribution in [-0.2, 0) is 4.79 Å². The second-order valence-electron chi connectivity index (χ2n) is 5.31. The average Bonchev–Trinajstić information content (AvgIpc) is 2.39. The molecule has 0 spiro atoms. The van der Waals surface area contributed by atoms with Gasteiger partial charge in [0.15, 0.2) is 0 Å². The van der Waals surface area contributed by atoms with Gasteiger partial charge in [-0.15, -0.1) is 0 Å². The molecule has 2 heterocycles. The van der Waals surface area contributed by atoms with Gasteiger partial charge >= 0.3 is 0 Å². The van der Waals surface area contributed by atoms with E-state index < -0.39 is 0 Å². The van der Waals surface area contributed by atoms with E-state index in [0.717, 1.165) is 37.3 Å². The molecule has 4 N–H and O–H groups in total. The number of aromatic nitrogens is 1. The summed E-state index contributed by atoms with van der Waals surface area (Å²) in [5.41, 5.74) is 12.3. The maximum atomic E-state index is 10.9. The maximum Gasteiger partial charge on any atom is 0.217 e. The number of primary amides is 1. The molecule has 104 valence electrons. The largest absolute Gasteiger partial charge is 0.370 e. The summed E-state index contributed by atoms with van der Waals surface area (Å²) < 4.78 is 0. The van der Waals surface area contributed by atoms with Crippen LogP contribution >= 0.6 is 0 Å². The van der Waals surface area contributed by atoms with Crippen LogP contribution in [0.2, 0.25) is 0 Å². The summed E-state index contributed by atoms with van der Waals surface area (Å²) in [5, 5.41) is 0. The Morgan fingerprint density at radius 3 is 2.79 bits per heavy atom. The highest BCUT2D eigenvalue weighted by Crippen LogP contribution is 2.28. The summed E-state index contributed by atoms with van der Waals surface area (Å²) in [4.78, 5) is 17.7. The van der Waals surface area contributed by atoms with E-state index >= 15 is 0 Å². The van der Waals surface area contributed by atoms with Crippen molar-refractivity contribution in [2.45, 2.75) is 32.2 Å². The van der Waals surface area contributed by atoms with Gasteiger partial charge in [0.2, 0.25) is 5.91 Å². The molecule has 0 aliphatic carbocycles. The van der Waals surface area contributed by atoms with E-state index in [-0.39, 0.29) is 11.9 Å². The van der Waals surface area contributed by atoms with E-state index in [1.165, 1.54) is 0 Å². The SMILES string of the molecule is CC(N)c1cccnc1N1CCC(CC(N)=O)CC1. The normalized spacial score (nSPS) is 18.3. The second kappa shape index (κ2) is 6.02. The molecular weight excluding hydrogens is 240 g/mol. The lowest BCUT2D eigenvalue weighted by molar-refractivity contribution is -0.119. The van der Waals surface area contributed by atoms with Crippen LogP contribution in [0.4, 0.5) is 5.82 Å². The van der Waals surface area contributed by atoms with Crippen LogP contribution in [0.15, 0.2) is 18.3 Å². The Morgan fingerprint density at radius 1 is 1.53 bits per heavy atom. The number of anilines is 1. The Bertz CT molecular complexity index is 439. The number of carbonyl (C=O) groups excluding carboxylic acids is 1. The van der Waals surface area contributed by atoms with Crippen LogP contribution in [0.1, 0.15) is 37.8 Å². The molecule has 1 saturated heterocycles. The first-order valence-electron chi connectivity index (χ1n) is 6.81. The number of hydrogen-bond acceptors (Lipinski definition) is 4. The van der Waals surface area contributed by atoms with Crippen molar-refractivity contribution >= 4 is 11.7 Å². The third kappa shape index (κ3) is 3.44. The average molecular weight is 262 g/mol. The van der Waals surface area contributed by atoms with E-state index in [2.05, 4.69) is 9.88 Å². The monoisotopic (exact) mass is 262 g/mol. The van der Waals surface area contributed by atoms with E-state index in [4.69, 9.17) is 11.5 Å². The zero-order valence-electron chi connectivity index (χ0n) is 11.4. The standard InChI is InChI=1S/C14H22N4O/c1-10(15)12-3-2-6-17-14(12)18-7-4-11(5-8-18)9-13(16)19/h2-3,6,10-11H,4-5,7-9,15H2,1H3,(H2,16,19). The van der Waals surface area contributed by atoms with Gasteiger partial charge in [-0.3, -0.25) is 4.79 Å². The minimum absolute atomic E-state index is 0.0213. The number of hydrogen-bond donors (Lipinski definition) is 2. The zero-order valence-corrected chi connectivity index (χ0v) is 11.4. The molecule has 1 amide bonds. The van der Waals surface area contributed by atoms with Crippen molar-refractivity contribution in [2.24, 2.45) is 17.4 Å². The third-order valence-corrected chi connectivity index (χ3v) is 3.71. The van der Waals surface area contributed by atoms with Crippen molar-refractivity contribution in [3.63, 3.8) is 0 Å². The summed E-state index contributed by atoms with van der Waals surface area (Å²) in [6.45, 7) is 3.80. The molecule has 2 rings (SSSR count). The molecule has 5 nitrogen and oxygen atoms in total. The van der Waals surface area contributed by atoms with Crippen LogP contribution in [0.25, 0.3) is 0 Å². The number of pyridine rings is 1.